The average Bonchev–Trinajstić information content (AvgIpc) is 2.94. The number of fused-ring (bicyclic) bond motifs is 3. The molecule has 5 nitrogen and oxygen atoms in total. The second-order valence-electron chi connectivity index (χ2n) is 6.38. The number of H-pyrrole nitrogens is 1. The second kappa shape index (κ2) is 7.37. The van der Waals surface area contributed by atoms with E-state index in [2.05, 4.69) is 28.3 Å². The van der Waals surface area contributed by atoms with Crippen molar-refractivity contribution >= 4 is 33.4 Å². The van der Waals surface area contributed by atoms with E-state index < -0.39 is 5.91 Å². The van der Waals surface area contributed by atoms with Crippen LogP contribution in [-0.4, -0.2) is 17.4 Å². The van der Waals surface area contributed by atoms with Crippen LogP contribution in [0, 0.1) is 11.3 Å². The molecule has 0 saturated carbocycles. The summed E-state index contributed by atoms with van der Waals surface area (Å²) in [6, 6.07) is 22.4. The summed E-state index contributed by atoms with van der Waals surface area (Å²) in [7, 11) is 0. The van der Waals surface area contributed by atoms with Crippen LogP contribution in [0.15, 0.2) is 71.7 Å². The van der Waals surface area contributed by atoms with Crippen LogP contribution in [0.25, 0.3) is 21.8 Å². The molecule has 0 saturated heterocycles. The van der Waals surface area contributed by atoms with Gasteiger partial charge in [-0.15, -0.1) is 0 Å². The van der Waals surface area contributed by atoms with Gasteiger partial charge in [0.2, 0.25) is 0 Å². The zero-order chi connectivity index (χ0) is 19.5. The Morgan fingerprint density at radius 1 is 1.07 bits per heavy atom. The Bertz CT molecular complexity index is 1310. The third kappa shape index (κ3) is 3.12. The molecule has 136 valence electrons. The van der Waals surface area contributed by atoms with E-state index >= 15 is 0 Å². The number of anilines is 1. The molecule has 0 aliphatic rings. The summed E-state index contributed by atoms with van der Waals surface area (Å²) in [6.45, 7) is 2.89. The third-order valence-corrected chi connectivity index (χ3v) is 4.60. The lowest BCUT2D eigenvalue weighted by molar-refractivity contribution is 0.0998. The average molecular weight is 366 g/mol. The molecule has 5 heteroatoms. The smallest absolute Gasteiger partial charge is 0.278 e. The third-order valence-electron chi connectivity index (χ3n) is 4.60. The van der Waals surface area contributed by atoms with Crippen molar-refractivity contribution in [3.05, 3.63) is 83.2 Å². The number of hydrogen-bond donors (Lipinski definition) is 2. The molecule has 1 aromatic heterocycles. The van der Waals surface area contributed by atoms with Crippen molar-refractivity contribution in [2.45, 2.75) is 6.92 Å². The number of amides is 1. The fourth-order valence-electron chi connectivity index (χ4n) is 3.34. The lowest BCUT2D eigenvalue weighted by Crippen LogP contribution is -2.06. The monoisotopic (exact) mass is 366 g/mol. The van der Waals surface area contributed by atoms with E-state index in [0.29, 0.717) is 16.5 Å². The van der Waals surface area contributed by atoms with Gasteiger partial charge in [-0.3, -0.25) is 4.79 Å². The predicted molar refractivity (Wildman–Crippen MR) is 111 cm³/mol. The minimum absolute atomic E-state index is 0.304. The van der Waals surface area contributed by atoms with Gasteiger partial charge in [-0.2, -0.15) is 5.26 Å². The molecule has 0 aliphatic heterocycles. The number of hydrogen-bond acceptors (Lipinski definition) is 3. The summed E-state index contributed by atoms with van der Waals surface area (Å²) in [5, 5.41) is 15.3. The van der Waals surface area contributed by atoms with Crippen molar-refractivity contribution in [2.75, 3.05) is 11.9 Å². The molecule has 0 fully saturated rings. The van der Waals surface area contributed by atoms with Crippen LogP contribution in [-0.2, 0) is 0 Å². The van der Waals surface area contributed by atoms with Gasteiger partial charge in [0, 0.05) is 22.8 Å². The lowest BCUT2D eigenvalue weighted by Gasteiger charge is -2.03. The molecular weight excluding hydrogens is 348 g/mol. The minimum atomic E-state index is -0.430. The van der Waals surface area contributed by atoms with Crippen LogP contribution in [0.5, 0.6) is 0 Å². The highest BCUT2D eigenvalue weighted by atomic mass is 16.1. The highest BCUT2D eigenvalue weighted by Crippen LogP contribution is 2.29. The molecule has 3 aromatic carbocycles. The van der Waals surface area contributed by atoms with Gasteiger partial charge in [0.1, 0.15) is 0 Å². The molecule has 0 unspecified atom stereocenters. The number of rotatable bonds is 3. The number of nitrogens with zero attached hydrogens (tertiary/aromatic N) is 2. The number of aromatic nitrogens is 1. The standard InChI is InChI=1S/C23H18N4O/c1-2-25-20-12-6-11-19-18-10-5-8-16(13-21(18)27-22(19)20)26-23(28)17-9-4-3-7-15(17)14-24/h3-13,25,27H,2H2,1H3. The maximum Gasteiger partial charge on any atom is 0.278 e. The Kier molecular flexibility index (Phi) is 4.61. The van der Waals surface area contributed by atoms with Crippen LogP contribution >= 0.6 is 0 Å². The Morgan fingerprint density at radius 2 is 1.86 bits per heavy atom. The Labute approximate surface area is 162 Å². The molecule has 4 rings (SSSR count). The quantitative estimate of drug-likeness (QED) is 0.565. The van der Waals surface area contributed by atoms with Crippen LogP contribution in [0.1, 0.15) is 22.8 Å². The highest BCUT2D eigenvalue weighted by Gasteiger charge is 2.10. The topological polar surface area (TPSA) is 81.0 Å². The molecule has 1 amide bonds. The molecule has 1 heterocycles. The first-order chi connectivity index (χ1) is 13.7. The highest BCUT2D eigenvalue weighted by molar-refractivity contribution is 6.10. The van der Waals surface area contributed by atoms with Crippen molar-refractivity contribution in [3.8, 4) is 6.07 Å². The van der Waals surface area contributed by atoms with Crippen LogP contribution in [0.4, 0.5) is 5.69 Å². The molecule has 28 heavy (non-hydrogen) atoms. The summed E-state index contributed by atoms with van der Waals surface area (Å²) in [4.78, 5) is 20.3. The number of nitrogens with one attached hydrogen (secondary N) is 2. The zero-order valence-corrected chi connectivity index (χ0v) is 15.4. The van der Waals surface area contributed by atoms with Gasteiger partial charge in [0.05, 0.1) is 33.8 Å². The fraction of sp³-hybridized carbons (Fsp3) is 0.0870. The first kappa shape index (κ1) is 17.5. The van der Waals surface area contributed by atoms with Gasteiger partial charge >= 0.3 is 0 Å². The van der Waals surface area contributed by atoms with E-state index in [1.807, 2.05) is 36.4 Å². The maximum absolute atomic E-state index is 12.6. The van der Waals surface area contributed by atoms with Crippen molar-refractivity contribution in [2.24, 2.45) is 4.99 Å². The predicted octanol–water partition coefficient (Wildman–Crippen LogP) is 4.37. The van der Waals surface area contributed by atoms with Gasteiger partial charge in [0.15, 0.2) is 0 Å². The van der Waals surface area contributed by atoms with Crippen molar-refractivity contribution in [3.63, 3.8) is 0 Å². The Balaban J connectivity index is 1.88. The SMILES string of the molecule is CCNc1cccc2c1[nH]c1cc(=NC(=O)c3ccccc3C#N)cccc12. The zero-order valence-electron chi connectivity index (χ0n) is 15.4. The van der Waals surface area contributed by atoms with Crippen molar-refractivity contribution in [1.82, 2.24) is 4.98 Å². The number of carbonyl (C=O) groups excluding carboxylic acids is 1. The fourth-order valence-corrected chi connectivity index (χ4v) is 3.34. The molecule has 0 radical (unpaired) electrons. The van der Waals surface area contributed by atoms with E-state index in [9.17, 15) is 10.1 Å². The normalized spacial score (nSPS) is 11.5. The van der Waals surface area contributed by atoms with E-state index in [0.717, 1.165) is 34.0 Å². The lowest BCUT2D eigenvalue weighted by atomic mass is 10.1. The van der Waals surface area contributed by atoms with E-state index in [1.165, 1.54) is 0 Å². The second-order valence-corrected chi connectivity index (χ2v) is 6.38. The van der Waals surface area contributed by atoms with E-state index in [1.54, 1.807) is 30.3 Å². The Morgan fingerprint density at radius 3 is 2.68 bits per heavy atom. The van der Waals surface area contributed by atoms with Gasteiger partial charge in [-0.1, -0.05) is 36.4 Å². The molecule has 0 bridgehead atoms. The number of aromatic amines is 1. The summed E-state index contributed by atoms with van der Waals surface area (Å²) in [5.74, 6) is -0.430. The number of para-hydroxylation sites is 1. The summed E-state index contributed by atoms with van der Waals surface area (Å²) < 4.78 is 0. The Hall–Kier alpha value is -3.91. The minimum Gasteiger partial charge on any atom is -0.384 e. The maximum atomic E-state index is 12.6. The van der Waals surface area contributed by atoms with Gasteiger partial charge in [-0.05, 0) is 37.3 Å². The van der Waals surface area contributed by atoms with Crippen LogP contribution < -0.4 is 10.7 Å². The number of nitriles is 1. The molecular formula is C23H18N4O. The molecule has 0 atom stereocenters. The summed E-state index contributed by atoms with van der Waals surface area (Å²) in [5.41, 5.74) is 3.58. The molecule has 0 aliphatic carbocycles. The van der Waals surface area contributed by atoms with Crippen molar-refractivity contribution < 1.29 is 4.79 Å². The first-order valence-electron chi connectivity index (χ1n) is 9.08. The van der Waals surface area contributed by atoms with E-state index in [-0.39, 0.29) is 0 Å². The van der Waals surface area contributed by atoms with Gasteiger partial charge < -0.3 is 10.3 Å². The molecule has 4 aromatic rings. The summed E-state index contributed by atoms with van der Waals surface area (Å²) in [6.07, 6.45) is 0. The van der Waals surface area contributed by atoms with Crippen LogP contribution in [0.3, 0.4) is 0 Å². The summed E-state index contributed by atoms with van der Waals surface area (Å²) >= 11 is 0. The van der Waals surface area contributed by atoms with Gasteiger partial charge in [0.25, 0.3) is 5.91 Å². The van der Waals surface area contributed by atoms with Crippen molar-refractivity contribution in [1.29, 1.82) is 5.26 Å². The largest absolute Gasteiger partial charge is 0.384 e. The number of carbonyl (C=O) groups is 1. The number of benzene rings is 2. The van der Waals surface area contributed by atoms with E-state index in [4.69, 9.17) is 0 Å². The molecule has 2 N–H and O–H groups in total. The van der Waals surface area contributed by atoms with Gasteiger partial charge in [-0.25, -0.2) is 4.99 Å². The first-order valence-corrected chi connectivity index (χ1v) is 9.08. The van der Waals surface area contributed by atoms with Crippen LogP contribution in [0.2, 0.25) is 0 Å². The molecule has 0 spiro atoms.